The van der Waals surface area contributed by atoms with Crippen LogP contribution >= 0.6 is 0 Å². The van der Waals surface area contributed by atoms with Crippen molar-refractivity contribution in [3.8, 4) is 0 Å². The minimum atomic E-state index is -0.957. The highest BCUT2D eigenvalue weighted by Gasteiger charge is 2.26. The van der Waals surface area contributed by atoms with E-state index in [2.05, 4.69) is 82.3 Å². The monoisotopic (exact) mass is 482 g/mol. The number of piperidine rings is 1. The lowest BCUT2D eigenvalue weighted by molar-refractivity contribution is 0.0694. The second kappa shape index (κ2) is 10.9. The van der Waals surface area contributed by atoms with Crippen LogP contribution in [0.2, 0.25) is 0 Å². The van der Waals surface area contributed by atoms with Crippen LogP contribution in [0.1, 0.15) is 59.3 Å². The Morgan fingerprint density at radius 3 is 2.67 bits per heavy atom. The van der Waals surface area contributed by atoms with E-state index in [1.54, 1.807) is 0 Å². The van der Waals surface area contributed by atoms with Crippen molar-refractivity contribution in [3.05, 3.63) is 89.4 Å². The van der Waals surface area contributed by atoms with Gasteiger partial charge < -0.3 is 14.6 Å². The summed E-state index contributed by atoms with van der Waals surface area (Å²) < 4.78 is 2.15. The van der Waals surface area contributed by atoms with E-state index in [4.69, 9.17) is 4.98 Å². The number of carboxylic acids is 1. The normalized spacial score (nSPS) is 15.9. The highest BCUT2D eigenvalue weighted by atomic mass is 16.4. The maximum atomic E-state index is 11.9. The molecule has 4 aromatic rings. The van der Waals surface area contributed by atoms with E-state index < -0.39 is 5.97 Å². The van der Waals surface area contributed by atoms with Gasteiger partial charge in [-0.3, -0.25) is 0 Å². The molecule has 0 radical (unpaired) electrons. The molecule has 6 nitrogen and oxygen atoms in total. The third-order valence-electron chi connectivity index (χ3n) is 7.42. The van der Waals surface area contributed by atoms with Gasteiger partial charge in [0.1, 0.15) is 0 Å². The van der Waals surface area contributed by atoms with Gasteiger partial charge in [0.25, 0.3) is 0 Å². The third kappa shape index (κ3) is 5.27. The number of nitrogens with zero attached hydrogens (tertiary/aromatic N) is 4. The molecule has 1 fully saturated rings. The van der Waals surface area contributed by atoms with Gasteiger partial charge in [0, 0.05) is 42.9 Å². The fourth-order valence-corrected chi connectivity index (χ4v) is 5.53. The Labute approximate surface area is 212 Å². The fraction of sp³-hybridized carbons (Fsp3) is 0.367. The van der Waals surface area contributed by atoms with Crippen molar-refractivity contribution in [3.63, 3.8) is 0 Å². The van der Waals surface area contributed by atoms with Gasteiger partial charge in [-0.15, -0.1) is 0 Å². The number of rotatable bonds is 9. The first kappa shape index (κ1) is 24.0. The Hall–Kier alpha value is -3.67. The molecule has 0 spiro atoms. The van der Waals surface area contributed by atoms with Gasteiger partial charge >= 0.3 is 5.97 Å². The van der Waals surface area contributed by atoms with Gasteiger partial charge in [-0.05, 0) is 68.6 Å². The second-order valence-electron chi connectivity index (χ2n) is 9.84. The summed E-state index contributed by atoms with van der Waals surface area (Å²) in [7, 11) is 2.07. The van der Waals surface area contributed by atoms with Gasteiger partial charge in [-0.25, -0.2) is 14.8 Å². The van der Waals surface area contributed by atoms with E-state index in [-0.39, 0.29) is 5.56 Å². The summed E-state index contributed by atoms with van der Waals surface area (Å²) >= 11 is 0. The number of aromatic nitrogens is 3. The Morgan fingerprint density at radius 1 is 1.03 bits per heavy atom. The number of hydrogen-bond acceptors (Lipinski definition) is 4. The molecule has 36 heavy (non-hydrogen) atoms. The predicted molar refractivity (Wildman–Crippen MR) is 144 cm³/mol. The number of fused-ring (bicyclic) bond motifs is 1. The molecule has 3 heterocycles. The first-order chi connectivity index (χ1) is 17.6. The van der Waals surface area contributed by atoms with Crippen molar-refractivity contribution < 1.29 is 9.90 Å². The molecule has 0 amide bonds. The van der Waals surface area contributed by atoms with Crippen LogP contribution in [-0.2, 0) is 26.3 Å². The van der Waals surface area contributed by atoms with Crippen LogP contribution in [0.5, 0.6) is 0 Å². The summed E-state index contributed by atoms with van der Waals surface area (Å²) in [4.78, 5) is 23.6. The summed E-state index contributed by atoms with van der Waals surface area (Å²) in [6.07, 6.45) is 11.5. The maximum Gasteiger partial charge on any atom is 0.339 e. The van der Waals surface area contributed by atoms with Crippen LogP contribution in [0, 0.1) is 0 Å². The molecular weight excluding hydrogens is 448 g/mol. The van der Waals surface area contributed by atoms with Gasteiger partial charge in [0.15, 0.2) is 0 Å². The summed E-state index contributed by atoms with van der Waals surface area (Å²) in [5.41, 5.74) is 4.71. The molecule has 1 N–H and O–H groups in total. The fourth-order valence-electron chi connectivity index (χ4n) is 5.53. The molecule has 2 aromatic heterocycles. The van der Waals surface area contributed by atoms with E-state index in [1.165, 1.54) is 34.6 Å². The zero-order valence-corrected chi connectivity index (χ0v) is 20.9. The minimum absolute atomic E-state index is 0.217. The van der Waals surface area contributed by atoms with Crippen LogP contribution < -0.4 is 4.90 Å². The molecule has 186 valence electrons. The van der Waals surface area contributed by atoms with Crippen LogP contribution in [0.4, 0.5) is 5.95 Å². The van der Waals surface area contributed by atoms with Gasteiger partial charge in [-0.1, -0.05) is 48.5 Å². The van der Waals surface area contributed by atoms with Crippen molar-refractivity contribution in [1.82, 2.24) is 14.5 Å². The molecule has 5 rings (SSSR count). The number of aryl methyl sites for hydroxylation is 4. The number of aromatic carboxylic acids is 1. The summed E-state index contributed by atoms with van der Waals surface area (Å²) in [5.74, 6) is -0.279. The first-order valence-electron chi connectivity index (χ1n) is 13.0. The van der Waals surface area contributed by atoms with Crippen LogP contribution in [-0.4, -0.2) is 38.2 Å². The minimum Gasteiger partial charge on any atom is -0.478 e. The highest BCUT2D eigenvalue weighted by molar-refractivity contribution is 5.88. The number of carboxylic acid groups (broad SMARTS) is 1. The summed E-state index contributed by atoms with van der Waals surface area (Å²) in [6.45, 7) is 0.918. The zero-order valence-electron chi connectivity index (χ0n) is 20.9. The summed E-state index contributed by atoms with van der Waals surface area (Å²) in [5, 5.41) is 11.1. The lowest BCUT2D eigenvalue weighted by Gasteiger charge is -2.36. The van der Waals surface area contributed by atoms with E-state index >= 15 is 0 Å². The molecule has 1 aliphatic heterocycles. The van der Waals surface area contributed by atoms with Crippen molar-refractivity contribution in [2.75, 3.05) is 11.4 Å². The Morgan fingerprint density at radius 2 is 1.83 bits per heavy atom. The van der Waals surface area contributed by atoms with E-state index in [0.29, 0.717) is 24.1 Å². The van der Waals surface area contributed by atoms with Crippen molar-refractivity contribution >= 4 is 22.8 Å². The SMILES string of the molecule is Cn1cc(CCCc2nc(N3CCCC[C@@H]3CCc3ccccc3)ncc2C(=O)O)c2ccccc21. The molecule has 1 saturated heterocycles. The lowest BCUT2D eigenvalue weighted by Crippen LogP contribution is -2.41. The number of hydrogen-bond donors (Lipinski definition) is 1. The summed E-state index contributed by atoms with van der Waals surface area (Å²) in [6, 6.07) is 19.4. The van der Waals surface area contributed by atoms with Crippen LogP contribution in [0.25, 0.3) is 10.9 Å². The molecule has 6 heteroatoms. The third-order valence-corrected chi connectivity index (χ3v) is 7.42. The maximum absolute atomic E-state index is 11.9. The Bertz CT molecular complexity index is 1330. The standard InChI is InChI=1S/C30H34N4O2/c1-33-21-23(25-14-5-6-16-28(25)33)12-9-15-27-26(29(35)36)20-31-30(32-27)34-19-8-7-13-24(34)18-17-22-10-3-2-4-11-22/h2-6,10-11,14,16,20-21,24H,7-9,12-13,15,17-19H2,1H3,(H,35,36)/t24-/m1/s1. The van der Waals surface area contributed by atoms with Gasteiger partial charge in [0.2, 0.25) is 5.95 Å². The second-order valence-corrected chi connectivity index (χ2v) is 9.84. The topological polar surface area (TPSA) is 71.2 Å². The van der Waals surface area contributed by atoms with E-state index in [9.17, 15) is 9.90 Å². The van der Waals surface area contributed by atoms with Crippen molar-refractivity contribution in [2.45, 2.75) is 57.4 Å². The number of para-hydroxylation sites is 1. The molecule has 1 aliphatic rings. The molecule has 2 aromatic carbocycles. The predicted octanol–water partition coefficient (Wildman–Crippen LogP) is 5.83. The Balaban J connectivity index is 1.32. The molecule has 0 saturated carbocycles. The average Bonchev–Trinajstić information content (AvgIpc) is 3.23. The Kier molecular flexibility index (Phi) is 7.31. The van der Waals surface area contributed by atoms with E-state index in [0.717, 1.165) is 45.1 Å². The molecule has 1 atom stereocenters. The quantitative estimate of drug-likeness (QED) is 0.325. The van der Waals surface area contributed by atoms with Crippen molar-refractivity contribution in [1.29, 1.82) is 0 Å². The largest absolute Gasteiger partial charge is 0.478 e. The zero-order chi connectivity index (χ0) is 24.9. The molecule has 0 unspecified atom stereocenters. The molecular formula is C30H34N4O2. The van der Waals surface area contributed by atoms with E-state index in [1.807, 2.05) is 0 Å². The smallest absolute Gasteiger partial charge is 0.339 e. The average molecular weight is 483 g/mol. The lowest BCUT2D eigenvalue weighted by atomic mass is 9.96. The first-order valence-corrected chi connectivity index (χ1v) is 13.0. The molecule has 0 bridgehead atoms. The van der Waals surface area contributed by atoms with Crippen LogP contribution in [0.15, 0.2) is 67.0 Å². The molecule has 0 aliphatic carbocycles. The van der Waals surface area contributed by atoms with Crippen molar-refractivity contribution in [2.24, 2.45) is 7.05 Å². The van der Waals surface area contributed by atoms with Gasteiger partial charge in [0.05, 0.1) is 11.3 Å². The number of carbonyl (C=O) groups is 1. The van der Waals surface area contributed by atoms with Gasteiger partial charge in [-0.2, -0.15) is 0 Å². The number of anilines is 1. The highest BCUT2D eigenvalue weighted by Crippen LogP contribution is 2.27. The number of benzene rings is 2. The van der Waals surface area contributed by atoms with Crippen LogP contribution in [0.3, 0.4) is 0 Å².